The molecule has 0 radical (unpaired) electrons. The summed E-state index contributed by atoms with van der Waals surface area (Å²) in [4.78, 5) is 12.3. The molecular formula is C16H17ClN4O2. The van der Waals surface area contributed by atoms with Gasteiger partial charge >= 0.3 is 0 Å². The summed E-state index contributed by atoms with van der Waals surface area (Å²) in [5.74, 6) is 0.765. The molecule has 1 aromatic heterocycles. The second-order valence-corrected chi connectivity index (χ2v) is 5.45. The first-order valence-corrected chi connectivity index (χ1v) is 7.52. The average molecular weight is 333 g/mol. The molecule has 0 aliphatic heterocycles. The number of aromatic nitrogens is 2. The lowest BCUT2D eigenvalue weighted by Gasteiger charge is -2.15. The molecule has 2 rings (SSSR count). The van der Waals surface area contributed by atoms with Crippen molar-refractivity contribution in [3.63, 3.8) is 0 Å². The van der Waals surface area contributed by atoms with Crippen molar-refractivity contribution in [2.75, 3.05) is 5.32 Å². The normalized spacial score (nSPS) is 11.6. The maximum atomic E-state index is 12.3. The molecule has 120 valence electrons. The number of carbonyl (C=O) groups excluding carboxylic acids is 1. The molecule has 7 heteroatoms. The van der Waals surface area contributed by atoms with Gasteiger partial charge in [0.25, 0.3) is 5.91 Å². The highest BCUT2D eigenvalue weighted by Gasteiger charge is 2.17. The number of amides is 1. The molecule has 6 nitrogen and oxygen atoms in total. The Morgan fingerprint density at radius 3 is 3.00 bits per heavy atom. The Morgan fingerprint density at radius 2 is 2.30 bits per heavy atom. The van der Waals surface area contributed by atoms with Crippen LogP contribution in [-0.2, 0) is 11.3 Å². The topological polar surface area (TPSA) is 79.9 Å². The van der Waals surface area contributed by atoms with Gasteiger partial charge in [0, 0.05) is 11.1 Å². The predicted octanol–water partition coefficient (Wildman–Crippen LogP) is 3.16. The maximum absolute atomic E-state index is 12.3. The summed E-state index contributed by atoms with van der Waals surface area (Å²) in [6.07, 6.45) is -0.383. The fourth-order valence-corrected chi connectivity index (χ4v) is 2.18. The maximum Gasteiger partial charge on any atom is 0.266 e. The Balaban J connectivity index is 2.02. The Bertz CT molecular complexity index is 736. The second-order valence-electron chi connectivity index (χ2n) is 5.01. The SMILES string of the molecule is Cc1cc(NC(=O)[C@@H](C)Oc2cccc(Cl)c2)n(CCC#N)n1. The molecule has 23 heavy (non-hydrogen) atoms. The molecule has 1 aromatic carbocycles. The zero-order valence-corrected chi connectivity index (χ0v) is 13.7. The van der Waals surface area contributed by atoms with Crippen molar-refractivity contribution < 1.29 is 9.53 Å². The van der Waals surface area contributed by atoms with E-state index in [0.29, 0.717) is 29.6 Å². The molecular weight excluding hydrogens is 316 g/mol. The molecule has 1 amide bonds. The summed E-state index contributed by atoms with van der Waals surface area (Å²) in [6, 6.07) is 10.7. The van der Waals surface area contributed by atoms with E-state index < -0.39 is 6.10 Å². The van der Waals surface area contributed by atoms with Gasteiger partial charge in [0.05, 0.1) is 24.7 Å². The van der Waals surface area contributed by atoms with E-state index in [0.717, 1.165) is 5.69 Å². The highest BCUT2D eigenvalue weighted by molar-refractivity contribution is 6.30. The molecule has 0 unspecified atom stereocenters. The van der Waals surface area contributed by atoms with Crippen molar-refractivity contribution in [3.05, 3.63) is 41.0 Å². The third-order valence-corrected chi connectivity index (χ3v) is 3.30. The highest BCUT2D eigenvalue weighted by Crippen LogP contribution is 2.19. The number of nitrogens with zero attached hydrogens (tertiary/aromatic N) is 3. The molecule has 0 spiro atoms. The van der Waals surface area contributed by atoms with Crippen LogP contribution in [0.3, 0.4) is 0 Å². The highest BCUT2D eigenvalue weighted by atomic mass is 35.5. The van der Waals surface area contributed by atoms with E-state index >= 15 is 0 Å². The number of nitriles is 1. The van der Waals surface area contributed by atoms with Gasteiger partial charge in [0.15, 0.2) is 6.10 Å². The third kappa shape index (κ3) is 4.73. The summed E-state index contributed by atoms with van der Waals surface area (Å²) in [7, 11) is 0. The van der Waals surface area contributed by atoms with E-state index in [9.17, 15) is 4.79 Å². The van der Waals surface area contributed by atoms with Crippen LogP contribution in [0.15, 0.2) is 30.3 Å². The minimum Gasteiger partial charge on any atom is -0.481 e. The largest absolute Gasteiger partial charge is 0.481 e. The van der Waals surface area contributed by atoms with Crippen molar-refractivity contribution in [3.8, 4) is 11.8 Å². The molecule has 0 saturated heterocycles. The number of anilines is 1. The van der Waals surface area contributed by atoms with E-state index in [2.05, 4.69) is 16.5 Å². The molecule has 1 heterocycles. The first-order chi connectivity index (χ1) is 11.0. The van der Waals surface area contributed by atoms with E-state index in [4.69, 9.17) is 21.6 Å². The molecule has 0 aliphatic rings. The standard InChI is InChI=1S/C16H17ClN4O2/c1-11-9-15(21(20-11)8-4-7-18)19-16(22)12(2)23-14-6-3-5-13(17)10-14/h3,5-6,9-10,12H,4,8H2,1-2H3,(H,19,22)/t12-/m1/s1. The third-order valence-electron chi connectivity index (χ3n) is 3.07. The molecule has 2 aromatic rings. The van der Waals surface area contributed by atoms with Crippen LogP contribution in [0.5, 0.6) is 5.75 Å². The van der Waals surface area contributed by atoms with Crippen molar-refractivity contribution in [1.82, 2.24) is 9.78 Å². The summed E-state index contributed by atoms with van der Waals surface area (Å²) < 4.78 is 7.18. The quantitative estimate of drug-likeness (QED) is 0.881. The number of nitrogens with one attached hydrogen (secondary N) is 1. The van der Waals surface area contributed by atoms with Crippen LogP contribution < -0.4 is 10.1 Å². The average Bonchev–Trinajstić information content (AvgIpc) is 2.84. The van der Waals surface area contributed by atoms with Gasteiger partial charge in [0.2, 0.25) is 0 Å². The van der Waals surface area contributed by atoms with Gasteiger partial charge in [-0.15, -0.1) is 0 Å². The van der Waals surface area contributed by atoms with Crippen LogP contribution in [-0.4, -0.2) is 21.8 Å². The lowest BCUT2D eigenvalue weighted by molar-refractivity contribution is -0.122. The first-order valence-electron chi connectivity index (χ1n) is 7.14. The van der Waals surface area contributed by atoms with Gasteiger partial charge in [-0.25, -0.2) is 4.68 Å². The van der Waals surface area contributed by atoms with Crippen molar-refractivity contribution >= 4 is 23.3 Å². The molecule has 1 N–H and O–H groups in total. The minimum atomic E-state index is -0.701. The molecule has 0 saturated carbocycles. The Labute approximate surface area is 139 Å². The van der Waals surface area contributed by atoms with Crippen molar-refractivity contribution in [2.45, 2.75) is 32.9 Å². The van der Waals surface area contributed by atoms with Crippen LogP contribution in [0.4, 0.5) is 5.82 Å². The van der Waals surface area contributed by atoms with E-state index in [1.807, 2.05) is 6.92 Å². The van der Waals surface area contributed by atoms with Crippen LogP contribution >= 0.6 is 11.6 Å². The van der Waals surface area contributed by atoms with Gasteiger partial charge in [-0.05, 0) is 32.0 Å². The van der Waals surface area contributed by atoms with Gasteiger partial charge in [-0.2, -0.15) is 10.4 Å². The Morgan fingerprint density at radius 1 is 1.52 bits per heavy atom. The fourth-order valence-electron chi connectivity index (χ4n) is 2.00. The summed E-state index contributed by atoms with van der Waals surface area (Å²) in [5, 5.41) is 16.2. The van der Waals surface area contributed by atoms with Gasteiger partial charge in [0.1, 0.15) is 11.6 Å². The Kier molecular flexibility index (Phi) is 5.61. The summed E-state index contributed by atoms with van der Waals surface area (Å²) in [6.45, 7) is 3.90. The number of carbonyl (C=O) groups is 1. The monoisotopic (exact) mass is 332 g/mol. The van der Waals surface area contributed by atoms with Gasteiger partial charge < -0.3 is 10.1 Å². The number of halogens is 1. The van der Waals surface area contributed by atoms with Gasteiger partial charge in [-0.1, -0.05) is 17.7 Å². The smallest absolute Gasteiger partial charge is 0.266 e. The number of hydrogen-bond donors (Lipinski definition) is 1. The van der Waals surface area contributed by atoms with Crippen LogP contribution in [0.25, 0.3) is 0 Å². The number of hydrogen-bond acceptors (Lipinski definition) is 4. The molecule has 0 fully saturated rings. The zero-order valence-electron chi connectivity index (χ0n) is 12.9. The van der Waals surface area contributed by atoms with E-state index in [-0.39, 0.29) is 5.91 Å². The summed E-state index contributed by atoms with van der Waals surface area (Å²) >= 11 is 5.89. The van der Waals surface area contributed by atoms with Crippen molar-refractivity contribution in [2.24, 2.45) is 0 Å². The lowest BCUT2D eigenvalue weighted by atomic mass is 10.3. The number of ether oxygens (including phenoxy) is 1. The predicted molar refractivity (Wildman–Crippen MR) is 87.4 cm³/mol. The zero-order chi connectivity index (χ0) is 16.8. The first kappa shape index (κ1) is 16.8. The number of rotatable bonds is 6. The number of aryl methyl sites for hydroxylation is 2. The van der Waals surface area contributed by atoms with Crippen LogP contribution in [0.1, 0.15) is 19.0 Å². The van der Waals surface area contributed by atoms with E-state index in [1.54, 1.807) is 41.9 Å². The molecule has 1 atom stereocenters. The summed E-state index contributed by atoms with van der Waals surface area (Å²) in [5.41, 5.74) is 0.765. The van der Waals surface area contributed by atoms with Crippen LogP contribution in [0.2, 0.25) is 5.02 Å². The fraction of sp³-hybridized carbons (Fsp3) is 0.312. The second kappa shape index (κ2) is 7.65. The van der Waals surface area contributed by atoms with Crippen LogP contribution in [0, 0.1) is 18.3 Å². The van der Waals surface area contributed by atoms with E-state index in [1.165, 1.54) is 0 Å². The van der Waals surface area contributed by atoms with Crippen molar-refractivity contribution in [1.29, 1.82) is 5.26 Å². The minimum absolute atomic E-state index is 0.303. The lowest BCUT2D eigenvalue weighted by Crippen LogP contribution is -2.31. The Hall–Kier alpha value is -2.52. The molecule has 0 bridgehead atoms. The van der Waals surface area contributed by atoms with Gasteiger partial charge in [-0.3, -0.25) is 4.79 Å². The number of benzene rings is 1. The molecule has 0 aliphatic carbocycles.